The number of hydrogen-bond donors (Lipinski definition) is 1. The standard InChI is InChI=1S/C12H20N2O2/c1-12(15,10-4-8-16-9-10)5-3-11-13-6-7-14(11)2/h6-7,10,15H,3-5,8-9H2,1-2H3. The van der Waals surface area contributed by atoms with Gasteiger partial charge in [0.1, 0.15) is 5.82 Å². The molecule has 90 valence electrons. The molecule has 0 aliphatic carbocycles. The second kappa shape index (κ2) is 4.55. The summed E-state index contributed by atoms with van der Waals surface area (Å²) in [6, 6.07) is 0. The number of ether oxygens (including phenoxy) is 1. The zero-order chi connectivity index (χ0) is 11.6. The lowest BCUT2D eigenvalue weighted by Crippen LogP contribution is -2.35. The van der Waals surface area contributed by atoms with Gasteiger partial charge >= 0.3 is 0 Å². The molecule has 2 heterocycles. The zero-order valence-corrected chi connectivity index (χ0v) is 10.0. The number of rotatable bonds is 4. The maximum Gasteiger partial charge on any atom is 0.108 e. The molecular weight excluding hydrogens is 204 g/mol. The Morgan fingerprint density at radius 3 is 3.06 bits per heavy atom. The summed E-state index contributed by atoms with van der Waals surface area (Å²) in [5.41, 5.74) is -0.636. The monoisotopic (exact) mass is 224 g/mol. The molecule has 0 spiro atoms. The molecule has 0 aromatic carbocycles. The molecule has 1 fully saturated rings. The SMILES string of the molecule is Cn1ccnc1CCC(C)(O)C1CCOC1. The van der Waals surface area contributed by atoms with Crippen LogP contribution in [-0.4, -0.2) is 33.5 Å². The van der Waals surface area contributed by atoms with E-state index in [0.717, 1.165) is 31.7 Å². The molecule has 2 rings (SSSR count). The molecule has 1 aliphatic heterocycles. The first-order valence-corrected chi connectivity index (χ1v) is 5.86. The van der Waals surface area contributed by atoms with Crippen molar-refractivity contribution >= 4 is 0 Å². The van der Waals surface area contributed by atoms with Gasteiger partial charge in [0.25, 0.3) is 0 Å². The van der Waals surface area contributed by atoms with Crippen LogP contribution in [-0.2, 0) is 18.2 Å². The van der Waals surface area contributed by atoms with E-state index in [1.807, 2.05) is 24.7 Å². The van der Waals surface area contributed by atoms with Crippen molar-refractivity contribution in [3.05, 3.63) is 18.2 Å². The normalized spacial score (nSPS) is 24.6. The molecule has 0 bridgehead atoms. The summed E-state index contributed by atoms with van der Waals surface area (Å²) in [6.07, 6.45) is 6.25. The van der Waals surface area contributed by atoms with E-state index < -0.39 is 5.60 Å². The van der Waals surface area contributed by atoms with Gasteiger partial charge < -0.3 is 14.4 Å². The van der Waals surface area contributed by atoms with Gasteiger partial charge in [0.2, 0.25) is 0 Å². The molecule has 1 aromatic heterocycles. The van der Waals surface area contributed by atoms with Crippen LogP contribution in [0.5, 0.6) is 0 Å². The van der Waals surface area contributed by atoms with Crippen LogP contribution in [0, 0.1) is 5.92 Å². The fraction of sp³-hybridized carbons (Fsp3) is 0.750. The highest BCUT2D eigenvalue weighted by Gasteiger charge is 2.34. The Kier molecular flexibility index (Phi) is 3.30. The summed E-state index contributed by atoms with van der Waals surface area (Å²) < 4.78 is 7.32. The molecule has 1 N–H and O–H groups in total. The van der Waals surface area contributed by atoms with Crippen molar-refractivity contribution in [1.29, 1.82) is 0 Å². The minimum absolute atomic E-state index is 0.271. The van der Waals surface area contributed by atoms with E-state index in [0.29, 0.717) is 6.61 Å². The average molecular weight is 224 g/mol. The summed E-state index contributed by atoms with van der Waals surface area (Å²) in [7, 11) is 1.98. The zero-order valence-electron chi connectivity index (χ0n) is 10.0. The largest absolute Gasteiger partial charge is 0.390 e. The van der Waals surface area contributed by atoms with Crippen molar-refractivity contribution in [1.82, 2.24) is 9.55 Å². The van der Waals surface area contributed by atoms with Crippen molar-refractivity contribution in [2.75, 3.05) is 13.2 Å². The van der Waals surface area contributed by atoms with E-state index in [1.165, 1.54) is 0 Å². The van der Waals surface area contributed by atoms with Gasteiger partial charge in [-0.3, -0.25) is 0 Å². The van der Waals surface area contributed by atoms with Crippen molar-refractivity contribution < 1.29 is 9.84 Å². The van der Waals surface area contributed by atoms with Crippen molar-refractivity contribution in [3.8, 4) is 0 Å². The predicted octanol–water partition coefficient (Wildman–Crippen LogP) is 1.14. The first-order chi connectivity index (χ1) is 7.59. The Bertz CT molecular complexity index is 341. The Hall–Kier alpha value is -0.870. The molecule has 1 saturated heterocycles. The molecular formula is C12H20N2O2. The van der Waals surface area contributed by atoms with Crippen LogP contribution < -0.4 is 0 Å². The third kappa shape index (κ3) is 2.44. The summed E-state index contributed by atoms with van der Waals surface area (Å²) in [6.45, 7) is 3.38. The first-order valence-electron chi connectivity index (χ1n) is 5.86. The van der Waals surface area contributed by atoms with Gasteiger partial charge in [-0.25, -0.2) is 4.98 Å². The van der Waals surface area contributed by atoms with E-state index in [2.05, 4.69) is 4.98 Å². The number of nitrogens with zero attached hydrogens (tertiary/aromatic N) is 2. The van der Waals surface area contributed by atoms with E-state index in [9.17, 15) is 5.11 Å². The Labute approximate surface area is 96.3 Å². The fourth-order valence-corrected chi connectivity index (χ4v) is 2.23. The summed E-state index contributed by atoms with van der Waals surface area (Å²) in [4.78, 5) is 4.27. The van der Waals surface area contributed by atoms with Crippen molar-refractivity contribution in [3.63, 3.8) is 0 Å². The topological polar surface area (TPSA) is 47.3 Å². The molecule has 2 unspecified atom stereocenters. The number of aromatic nitrogens is 2. The first kappa shape index (κ1) is 11.6. The van der Waals surface area contributed by atoms with Gasteiger partial charge in [-0.1, -0.05) is 0 Å². The third-order valence-corrected chi connectivity index (χ3v) is 3.58. The van der Waals surface area contributed by atoms with E-state index in [-0.39, 0.29) is 5.92 Å². The molecule has 2 atom stereocenters. The summed E-state index contributed by atoms with van der Waals surface area (Å²) in [5, 5.41) is 10.4. The van der Waals surface area contributed by atoms with Gasteiger partial charge in [-0.15, -0.1) is 0 Å². The lowest BCUT2D eigenvalue weighted by molar-refractivity contribution is -0.0124. The number of imidazole rings is 1. The van der Waals surface area contributed by atoms with Crippen LogP contribution in [0.1, 0.15) is 25.6 Å². The Morgan fingerprint density at radius 1 is 1.69 bits per heavy atom. The Morgan fingerprint density at radius 2 is 2.50 bits per heavy atom. The summed E-state index contributed by atoms with van der Waals surface area (Å²) in [5.74, 6) is 1.30. The minimum atomic E-state index is -0.636. The molecule has 0 amide bonds. The smallest absolute Gasteiger partial charge is 0.108 e. The number of hydrogen-bond acceptors (Lipinski definition) is 3. The maximum atomic E-state index is 10.4. The molecule has 1 aromatic rings. The van der Waals surface area contributed by atoms with Gasteiger partial charge in [-0.05, 0) is 19.8 Å². The maximum absolute atomic E-state index is 10.4. The molecule has 4 nitrogen and oxygen atoms in total. The predicted molar refractivity (Wildman–Crippen MR) is 61.1 cm³/mol. The molecule has 4 heteroatoms. The molecule has 0 radical (unpaired) electrons. The highest BCUT2D eigenvalue weighted by molar-refractivity contribution is 4.94. The van der Waals surface area contributed by atoms with Crippen LogP contribution in [0.15, 0.2) is 12.4 Å². The Balaban J connectivity index is 1.91. The van der Waals surface area contributed by atoms with E-state index in [4.69, 9.17) is 4.74 Å². The van der Waals surface area contributed by atoms with Crippen LogP contribution in [0.25, 0.3) is 0 Å². The second-order valence-corrected chi connectivity index (χ2v) is 4.87. The van der Waals surface area contributed by atoms with Crippen LogP contribution in [0.2, 0.25) is 0 Å². The molecule has 1 aliphatic rings. The third-order valence-electron chi connectivity index (χ3n) is 3.58. The van der Waals surface area contributed by atoms with E-state index >= 15 is 0 Å². The lowest BCUT2D eigenvalue weighted by Gasteiger charge is -2.28. The fourth-order valence-electron chi connectivity index (χ4n) is 2.23. The molecule has 0 saturated carbocycles. The van der Waals surface area contributed by atoms with E-state index in [1.54, 1.807) is 6.20 Å². The summed E-state index contributed by atoms with van der Waals surface area (Å²) >= 11 is 0. The van der Waals surface area contributed by atoms with Gasteiger partial charge in [0.05, 0.1) is 12.2 Å². The van der Waals surface area contributed by atoms with Crippen molar-refractivity contribution in [2.24, 2.45) is 13.0 Å². The highest BCUT2D eigenvalue weighted by atomic mass is 16.5. The minimum Gasteiger partial charge on any atom is -0.390 e. The highest BCUT2D eigenvalue weighted by Crippen LogP contribution is 2.29. The second-order valence-electron chi connectivity index (χ2n) is 4.87. The number of aryl methyl sites for hydroxylation is 2. The van der Waals surface area contributed by atoms with Gasteiger partial charge in [0.15, 0.2) is 0 Å². The van der Waals surface area contributed by atoms with Crippen LogP contribution >= 0.6 is 0 Å². The molecule has 16 heavy (non-hydrogen) atoms. The van der Waals surface area contributed by atoms with Crippen LogP contribution in [0.3, 0.4) is 0 Å². The van der Waals surface area contributed by atoms with Gasteiger partial charge in [0, 0.05) is 38.4 Å². The average Bonchev–Trinajstić information content (AvgIpc) is 2.85. The number of aliphatic hydroxyl groups is 1. The van der Waals surface area contributed by atoms with Gasteiger partial charge in [-0.2, -0.15) is 0 Å². The quantitative estimate of drug-likeness (QED) is 0.834. The van der Waals surface area contributed by atoms with Crippen LogP contribution in [0.4, 0.5) is 0 Å². The van der Waals surface area contributed by atoms with Crippen molar-refractivity contribution in [2.45, 2.75) is 31.8 Å². The lowest BCUT2D eigenvalue weighted by atomic mass is 9.84.